The summed E-state index contributed by atoms with van der Waals surface area (Å²) in [6, 6.07) is 7.27. The Labute approximate surface area is 137 Å². The van der Waals surface area contributed by atoms with E-state index in [1.165, 1.54) is 25.7 Å². The molecule has 0 spiro atoms. The van der Waals surface area contributed by atoms with Crippen molar-refractivity contribution in [3.05, 3.63) is 29.8 Å². The molecule has 0 radical (unpaired) electrons. The Balaban J connectivity index is 1.70. The average molecular weight is 318 g/mol. The molecule has 5 heteroatoms. The van der Waals surface area contributed by atoms with Crippen LogP contribution in [-0.4, -0.2) is 31.5 Å². The summed E-state index contributed by atoms with van der Waals surface area (Å²) >= 11 is 0. The lowest BCUT2D eigenvalue weighted by molar-refractivity contribution is -0.121. The maximum atomic E-state index is 12.0. The molecule has 23 heavy (non-hydrogen) atoms. The van der Waals surface area contributed by atoms with Gasteiger partial charge >= 0.3 is 0 Å². The summed E-state index contributed by atoms with van der Waals surface area (Å²) in [6.07, 6.45) is 7.37. The largest absolute Gasteiger partial charge is 0.497 e. The Hall–Kier alpha value is -2.04. The Bertz CT molecular complexity index is 523. The number of carbonyl (C=O) groups excluding carboxylic acids is 2. The Morgan fingerprint density at radius 3 is 2.61 bits per heavy atom. The summed E-state index contributed by atoms with van der Waals surface area (Å²) in [5.41, 5.74) is 0.536. The SMILES string of the molecule is COc1cccc(C(=O)NCCC(=O)NC2CCCCCC2)c1. The van der Waals surface area contributed by atoms with Crippen molar-refractivity contribution < 1.29 is 14.3 Å². The van der Waals surface area contributed by atoms with Crippen molar-refractivity contribution in [1.82, 2.24) is 10.6 Å². The van der Waals surface area contributed by atoms with Gasteiger partial charge in [-0.15, -0.1) is 0 Å². The van der Waals surface area contributed by atoms with E-state index in [0.717, 1.165) is 12.8 Å². The van der Waals surface area contributed by atoms with Crippen LogP contribution in [0, 0.1) is 0 Å². The molecule has 0 aromatic heterocycles. The van der Waals surface area contributed by atoms with E-state index >= 15 is 0 Å². The van der Waals surface area contributed by atoms with Crippen LogP contribution in [0.4, 0.5) is 0 Å². The van der Waals surface area contributed by atoms with Gasteiger partial charge in [0, 0.05) is 24.6 Å². The molecule has 126 valence electrons. The van der Waals surface area contributed by atoms with E-state index in [2.05, 4.69) is 10.6 Å². The van der Waals surface area contributed by atoms with E-state index in [0.29, 0.717) is 30.3 Å². The molecule has 1 fully saturated rings. The van der Waals surface area contributed by atoms with Gasteiger partial charge in [0.15, 0.2) is 0 Å². The summed E-state index contributed by atoms with van der Waals surface area (Å²) < 4.78 is 5.10. The van der Waals surface area contributed by atoms with Gasteiger partial charge in [-0.25, -0.2) is 0 Å². The van der Waals surface area contributed by atoms with Crippen LogP contribution >= 0.6 is 0 Å². The van der Waals surface area contributed by atoms with Crippen LogP contribution in [-0.2, 0) is 4.79 Å². The number of methoxy groups -OCH3 is 1. The Morgan fingerprint density at radius 1 is 1.17 bits per heavy atom. The lowest BCUT2D eigenvalue weighted by atomic mass is 10.1. The van der Waals surface area contributed by atoms with Gasteiger partial charge in [-0.05, 0) is 31.0 Å². The Kier molecular flexibility index (Phi) is 6.91. The third-order valence-corrected chi connectivity index (χ3v) is 4.19. The third kappa shape index (κ3) is 5.93. The molecule has 0 atom stereocenters. The number of rotatable bonds is 6. The Morgan fingerprint density at radius 2 is 1.91 bits per heavy atom. The molecule has 2 N–H and O–H groups in total. The summed E-state index contributed by atoms with van der Waals surface area (Å²) in [6.45, 7) is 0.342. The minimum atomic E-state index is -0.189. The van der Waals surface area contributed by atoms with Crippen LogP contribution in [0.1, 0.15) is 55.3 Å². The van der Waals surface area contributed by atoms with Crippen molar-refractivity contribution in [2.24, 2.45) is 0 Å². The van der Waals surface area contributed by atoms with E-state index < -0.39 is 0 Å². The number of benzene rings is 1. The van der Waals surface area contributed by atoms with E-state index in [-0.39, 0.29) is 11.8 Å². The lowest BCUT2D eigenvalue weighted by Gasteiger charge is -2.16. The fourth-order valence-corrected chi connectivity index (χ4v) is 2.88. The van der Waals surface area contributed by atoms with Crippen LogP contribution in [0.2, 0.25) is 0 Å². The summed E-state index contributed by atoms with van der Waals surface area (Å²) in [4.78, 5) is 24.0. The minimum absolute atomic E-state index is 0.0165. The molecule has 1 aliphatic rings. The highest BCUT2D eigenvalue weighted by Gasteiger charge is 2.14. The van der Waals surface area contributed by atoms with Crippen molar-refractivity contribution in [3.8, 4) is 5.75 Å². The second-order valence-corrected chi connectivity index (χ2v) is 5.99. The van der Waals surface area contributed by atoms with E-state index in [4.69, 9.17) is 4.74 Å². The molecule has 1 aromatic carbocycles. The molecule has 2 amide bonds. The average Bonchev–Trinajstić information content (AvgIpc) is 2.83. The van der Waals surface area contributed by atoms with E-state index in [1.54, 1.807) is 31.4 Å². The number of amides is 2. The van der Waals surface area contributed by atoms with Gasteiger partial charge in [0.2, 0.25) is 5.91 Å². The molecule has 1 saturated carbocycles. The molecular weight excluding hydrogens is 292 g/mol. The van der Waals surface area contributed by atoms with Gasteiger partial charge < -0.3 is 15.4 Å². The molecule has 0 unspecified atom stereocenters. The number of ether oxygens (including phenoxy) is 1. The van der Waals surface area contributed by atoms with E-state index in [9.17, 15) is 9.59 Å². The highest BCUT2D eigenvalue weighted by molar-refractivity contribution is 5.94. The molecule has 1 aliphatic carbocycles. The molecule has 0 saturated heterocycles. The standard InChI is InChI=1S/C18H26N2O3/c1-23-16-10-6-7-14(13-16)18(22)19-12-11-17(21)20-15-8-4-2-3-5-9-15/h6-7,10,13,15H,2-5,8-9,11-12H2,1H3,(H,19,22)(H,20,21). The lowest BCUT2D eigenvalue weighted by Crippen LogP contribution is -2.36. The van der Waals surface area contributed by atoms with Gasteiger partial charge in [0.25, 0.3) is 5.91 Å². The topological polar surface area (TPSA) is 67.4 Å². The number of hydrogen-bond acceptors (Lipinski definition) is 3. The van der Waals surface area contributed by atoms with Gasteiger partial charge in [0.1, 0.15) is 5.75 Å². The molecular formula is C18H26N2O3. The van der Waals surface area contributed by atoms with Gasteiger partial charge in [0.05, 0.1) is 7.11 Å². The first-order valence-electron chi connectivity index (χ1n) is 8.40. The minimum Gasteiger partial charge on any atom is -0.497 e. The maximum absolute atomic E-state index is 12.0. The first kappa shape index (κ1) is 17.3. The first-order chi connectivity index (χ1) is 11.2. The van der Waals surface area contributed by atoms with Crippen LogP contribution < -0.4 is 15.4 Å². The van der Waals surface area contributed by atoms with Crippen LogP contribution in [0.3, 0.4) is 0 Å². The van der Waals surface area contributed by atoms with Crippen LogP contribution in [0.25, 0.3) is 0 Å². The smallest absolute Gasteiger partial charge is 0.251 e. The van der Waals surface area contributed by atoms with Gasteiger partial charge in [-0.3, -0.25) is 9.59 Å². The zero-order chi connectivity index (χ0) is 16.5. The molecule has 2 rings (SSSR count). The second kappa shape index (κ2) is 9.18. The summed E-state index contributed by atoms with van der Waals surface area (Å²) in [5.74, 6) is 0.470. The van der Waals surface area contributed by atoms with Crippen molar-refractivity contribution in [1.29, 1.82) is 0 Å². The fraction of sp³-hybridized carbons (Fsp3) is 0.556. The van der Waals surface area contributed by atoms with E-state index in [1.807, 2.05) is 0 Å². The predicted octanol–water partition coefficient (Wildman–Crippen LogP) is 2.65. The highest BCUT2D eigenvalue weighted by atomic mass is 16.5. The summed E-state index contributed by atoms with van der Waals surface area (Å²) in [5, 5.41) is 5.86. The fourth-order valence-electron chi connectivity index (χ4n) is 2.88. The number of hydrogen-bond donors (Lipinski definition) is 2. The normalized spacial score (nSPS) is 15.5. The van der Waals surface area contributed by atoms with Crippen molar-refractivity contribution in [2.75, 3.05) is 13.7 Å². The van der Waals surface area contributed by atoms with Crippen LogP contribution in [0.5, 0.6) is 5.75 Å². The molecule has 0 bridgehead atoms. The molecule has 1 aromatic rings. The van der Waals surface area contributed by atoms with Gasteiger partial charge in [-0.1, -0.05) is 31.7 Å². The molecule has 0 heterocycles. The van der Waals surface area contributed by atoms with Gasteiger partial charge in [-0.2, -0.15) is 0 Å². The van der Waals surface area contributed by atoms with Crippen molar-refractivity contribution >= 4 is 11.8 Å². The maximum Gasteiger partial charge on any atom is 0.251 e. The zero-order valence-corrected chi connectivity index (χ0v) is 13.8. The van der Waals surface area contributed by atoms with Crippen LogP contribution in [0.15, 0.2) is 24.3 Å². The zero-order valence-electron chi connectivity index (χ0n) is 13.8. The second-order valence-electron chi connectivity index (χ2n) is 5.99. The number of carbonyl (C=O) groups is 2. The first-order valence-corrected chi connectivity index (χ1v) is 8.40. The monoisotopic (exact) mass is 318 g/mol. The van der Waals surface area contributed by atoms with Crippen molar-refractivity contribution in [2.45, 2.75) is 51.0 Å². The summed E-state index contributed by atoms with van der Waals surface area (Å²) in [7, 11) is 1.56. The molecule has 0 aliphatic heterocycles. The number of nitrogens with one attached hydrogen (secondary N) is 2. The third-order valence-electron chi connectivity index (χ3n) is 4.19. The van der Waals surface area contributed by atoms with Crippen molar-refractivity contribution in [3.63, 3.8) is 0 Å². The quantitative estimate of drug-likeness (QED) is 0.792. The predicted molar refractivity (Wildman–Crippen MR) is 89.6 cm³/mol. The highest BCUT2D eigenvalue weighted by Crippen LogP contribution is 2.17. The molecule has 5 nitrogen and oxygen atoms in total.